The van der Waals surface area contributed by atoms with Crippen LogP contribution in [-0.4, -0.2) is 6.29 Å². The van der Waals surface area contributed by atoms with Crippen LogP contribution in [-0.2, 0) is 4.79 Å². The van der Waals surface area contributed by atoms with E-state index in [2.05, 4.69) is 20.8 Å². The lowest BCUT2D eigenvalue weighted by atomic mass is 9.95. The molecule has 0 radical (unpaired) electrons. The Morgan fingerprint density at radius 1 is 1.08 bits per heavy atom. The summed E-state index contributed by atoms with van der Waals surface area (Å²) in [7, 11) is 0. The fourth-order valence-electron chi connectivity index (χ4n) is 1.52. The standard InChI is InChI=1S/C12H24O/c1-4-11(2)7-5-8-12(3)9-6-10-13/h10-12H,4-9H2,1-3H3. The zero-order valence-corrected chi connectivity index (χ0v) is 9.38. The lowest BCUT2D eigenvalue weighted by molar-refractivity contribution is -0.108. The maximum atomic E-state index is 10.1. The minimum absolute atomic E-state index is 0.731. The molecule has 0 aromatic heterocycles. The molecule has 78 valence electrons. The molecule has 0 aliphatic rings. The summed E-state index contributed by atoms with van der Waals surface area (Å²) in [6.07, 6.45) is 8.11. The highest BCUT2D eigenvalue weighted by molar-refractivity contribution is 5.49. The van der Waals surface area contributed by atoms with Crippen LogP contribution in [0.2, 0.25) is 0 Å². The van der Waals surface area contributed by atoms with Gasteiger partial charge in [0.15, 0.2) is 0 Å². The van der Waals surface area contributed by atoms with E-state index in [-0.39, 0.29) is 0 Å². The highest BCUT2D eigenvalue weighted by Gasteiger charge is 2.03. The Labute approximate surface area is 82.9 Å². The van der Waals surface area contributed by atoms with Crippen molar-refractivity contribution in [3.8, 4) is 0 Å². The van der Waals surface area contributed by atoms with Gasteiger partial charge in [0.25, 0.3) is 0 Å². The number of carbonyl (C=O) groups excluding carboxylic acids is 1. The van der Waals surface area contributed by atoms with Crippen molar-refractivity contribution in [2.75, 3.05) is 0 Å². The Hall–Kier alpha value is -0.330. The van der Waals surface area contributed by atoms with Crippen molar-refractivity contribution in [2.24, 2.45) is 11.8 Å². The van der Waals surface area contributed by atoms with Gasteiger partial charge in [-0.3, -0.25) is 0 Å². The monoisotopic (exact) mass is 184 g/mol. The highest BCUT2D eigenvalue weighted by Crippen LogP contribution is 2.17. The highest BCUT2D eigenvalue weighted by atomic mass is 16.1. The Morgan fingerprint density at radius 2 is 1.69 bits per heavy atom. The SMILES string of the molecule is CCC(C)CCCC(C)CCC=O. The summed E-state index contributed by atoms with van der Waals surface area (Å²) in [5, 5.41) is 0. The smallest absolute Gasteiger partial charge is 0.120 e. The molecule has 2 atom stereocenters. The minimum atomic E-state index is 0.731. The Balaban J connectivity index is 3.25. The first-order valence-electron chi connectivity index (χ1n) is 5.64. The summed E-state index contributed by atoms with van der Waals surface area (Å²) >= 11 is 0. The van der Waals surface area contributed by atoms with Crippen LogP contribution < -0.4 is 0 Å². The van der Waals surface area contributed by atoms with Gasteiger partial charge in [-0.15, -0.1) is 0 Å². The van der Waals surface area contributed by atoms with Gasteiger partial charge in [-0.05, 0) is 18.3 Å². The molecule has 0 saturated carbocycles. The van der Waals surface area contributed by atoms with Gasteiger partial charge >= 0.3 is 0 Å². The van der Waals surface area contributed by atoms with Crippen molar-refractivity contribution >= 4 is 6.29 Å². The summed E-state index contributed by atoms with van der Waals surface area (Å²) in [4.78, 5) is 10.1. The molecule has 0 fully saturated rings. The average Bonchev–Trinajstić information content (AvgIpc) is 2.14. The Morgan fingerprint density at radius 3 is 2.23 bits per heavy atom. The number of rotatable bonds is 8. The summed E-state index contributed by atoms with van der Waals surface area (Å²) in [6.45, 7) is 6.82. The first kappa shape index (κ1) is 12.7. The van der Waals surface area contributed by atoms with Crippen molar-refractivity contribution in [3.63, 3.8) is 0 Å². The van der Waals surface area contributed by atoms with Gasteiger partial charge in [0, 0.05) is 6.42 Å². The number of hydrogen-bond acceptors (Lipinski definition) is 1. The molecule has 2 unspecified atom stereocenters. The summed E-state index contributed by atoms with van der Waals surface area (Å²) in [6, 6.07) is 0. The van der Waals surface area contributed by atoms with Crippen molar-refractivity contribution in [1.29, 1.82) is 0 Å². The number of hydrogen-bond donors (Lipinski definition) is 0. The van der Waals surface area contributed by atoms with Crippen LogP contribution in [0.4, 0.5) is 0 Å². The lowest BCUT2D eigenvalue weighted by Gasteiger charge is -2.11. The van der Waals surface area contributed by atoms with E-state index < -0.39 is 0 Å². The van der Waals surface area contributed by atoms with Gasteiger partial charge in [-0.2, -0.15) is 0 Å². The maximum Gasteiger partial charge on any atom is 0.120 e. The quantitative estimate of drug-likeness (QED) is 0.524. The van der Waals surface area contributed by atoms with E-state index in [0.717, 1.165) is 31.0 Å². The fourth-order valence-corrected chi connectivity index (χ4v) is 1.52. The van der Waals surface area contributed by atoms with Crippen LogP contribution in [0.5, 0.6) is 0 Å². The second-order valence-corrected chi connectivity index (χ2v) is 4.29. The summed E-state index contributed by atoms with van der Waals surface area (Å²) in [5.74, 6) is 1.60. The Bertz CT molecular complexity index is 120. The second-order valence-electron chi connectivity index (χ2n) is 4.29. The van der Waals surface area contributed by atoms with Gasteiger partial charge in [-0.25, -0.2) is 0 Å². The molecule has 0 amide bonds. The van der Waals surface area contributed by atoms with E-state index in [1.807, 2.05) is 0 Å². The van der Waals surface area contributed by atoms with Gasteiger partial charge < -0.3 is 4.79 Å². The third-order valence-corrected chi connectivity index (χ3v) is 2.87. The van der Waals surface area contributed by atoms with Gasteiger partial charge in [0.1, 0.15) is 6.29 Å². The lowest BCUT2D eigenvalue weighted by Crippen LogP contribution is -1.98. The second kappa shape index (κ2) is 8.28. The molecule has 0 spiro atoms. The van der Waals surface area contributed by atoms with E-state index in [1.54, 1.807) is 0 Å². The molecule has 13 heavy (non-hydrogen) atoms. The molecule has 0 aliphatic carbocycles. The molecule has 0 aromatic carbocycles. The van der Waals surface area contributed by atoms with Gasteiger partial charge in [0.05, 0.1) is 0 Å². The molecular formula is C12H24O. The molecular weight excluding hydrogens is 160 g/mol. The third kappa shape index (κ3) is 8.01. The molecule has 0 bridgehead atoms. The summed E-state index contributed by atoms with van der Waals surface area (Å²) in [5.41, 5.74) is 0. The summed E-state index contributed by atoms with van der Waals surface area (Å²) < 4.78 is 0. The van der Waals surface area contributed by atoms with Gasteiger partial charge in [0.2, 0.25) is 0 Å². The van der Waals surface area contributed by atoms with Crippen LogP contribution in [0.25, 0.3) is 0 Å². The van der Waals surface area contributed by atoms with E-state index in [9.17, 15) is 4.79 Å². The van der Waals surface area contributed by atoms with Crippen LogP contribution in [0.3, 0.4) is 0 Å². The fraction of sp³-hybridized carbons (Fsp3) is 0.917. The predicted molar refractivity (Wildman–Crippen MR) is 57.8 cm³/mol. The first-order chi connectivity index (χ1) is 6.20. The molecule has 1 nitrogen and oxygen atoms in total. The van der Waals surface area contributed by atoms with Crippen LogP contribution >= 0.6 is 0 Å². The van der Waals surface area contributed by atoms with Crippen LogP contribution in [0, 0.1) is 11.8 Å². The normalized spacial score (nSPS) is 15.3. The molecule has 1 heteroatoms. The maximum absolute atomic E-state index is 10.1. The van der Waals surface area contributed by atoms with E-state index in [4.69, 9.17) is 0 Å². The molecule has 0 N–H and O–H groups in total. The van der Waals surface area contributed by atoms with Crippen molar-refractivity contribution in [1.82, 2.24) is 0 Å². The van der Waals surface area contributed by atoms with Crippen LogP contribution in [0.15, 0.2) is 0 Å². The van der Waals surface area contributed by atoms with Gasteiger partial charge in [-0.1, -0.05) is 46.5 Å². The topological polar surface area (TPSA) is 17.1 Å². The number of aldehydes is 1. The minimum Gasteiger partial charge on any atom is -0.303 e. The van der Waals surface area contributed by atoms with E-state index in [0.29, 0.717) is 0 Å². The van der Waals surface area contributed by atoms with Crippen LogP contribution in [0.1, 0.15) is 59.3 Å². The molecule has 0 saturated heterocycles. The average molecular weight is 184 g/mol. The number of carbonyl (C=O) groups is 1. The molecule has 0 aromatic rings. The molecule has 0 rings (SSSR count). The Kier molecular flexibility index (Phi) is 8.07. The van der Waals surface area contributed by atoms with E-state index >= 15 is 0 Å². The van der Waals surface area contributed by atoms with Crippen molar-refractivity contribution in [2.45, 2.75) is 59.3 Å². The zero-order valence-electron chi connectivity index (χ0n) is 9.38. The third-order valence-electron chi connectivity index (χ3n) is 2.87. The molecule has 0 heterocycles. The zero-order chi connectivity index (χ0) is 10.1. The van der Waals surface area contributed by atoms with E-state index in [1.165, 1.54) is 25.7 Å². The molecule has 0 aliphatic heterocycles. The van der Waals surface area contributed by atoms with Crippen molar-refractivity contribution < 1.29 is 4.79 Å². The first-order valence-corrected chi connectivity index (χ1v) is 5.64. The largest absolute Gasteiger partial charge is 0.303 e. The van der Waals surface area contributed by atoms with Crippen molar-refractivity contribution in [3.05, 3.63) is 0 Å². The predicted octanol–water partition coefficient (Wildman–Crippen LogP) is 3.82.